The molecule has 0 fully saturated rings. The molecule has 1 nitrogen and oxygen atoms in total. The Hall–Kier alpha value is -2.12. The van der Waals surface area contributed by atoms with Crippen LogP contribution in [0.1, 0.15) is 77.6 Å². The van der Waals surface area contributed by atoms with Crippen molar-refractivity contribution in [3.63, 3.8) is 0 Å². The van der Waals surface area contributed by atoms with Crippen LogP contribution in [-0.2, 0) is 4.74 Å². The van der Waals surface area contributed by atoms with Crippen LogP contribution in [0.2, 0.25) is 0 Å². The fourth-order valence-corrected chi connectivity index (χ4v) is 2.93. The van der Waals surface area contributed by atoms with E-state index in [-0.39, 0.29) is 0 Å². The molecule has 0 aliphatic heterocycles. The van der Waals surface area contributed by atoms with Gasteiger partial charge < -0.3 is 4.74 Å². The molecule has 0 spiro atoms. The van der Waals surface area contributed by atoms with Crippen molar-refractivity contribution in [3.8, 4) is 0 Å². The first kappa shape index (κ1) is 19.2. The fraction of sp³-hybridized carbons (Fsp3) is 0.500. The first-order chi connectivity index (χ1) is 12.4. The van der Waals surface area contributed by atoms with Crippen molar-refractivity contribution in [3.05, 3.63) is 70.4 Å². The lowest BCUT2D eigenvalue weighted by Gasteiger charge is -2.06. The van der Waals surface area contributed by atoms with Gasteiger partial charge in [-0.15, -0.1) is 0 Å². The van der Waals surface area contributed by atoms with E-state index in [0.717, 1.165) is 6.42 Å². The second kappa shape index (κ2) is 12.3. The molecule has 0 N–H and O–H groups in total. The molecule has 0 saturated carbocycles. The van der Waals surface area contributed by atoms with Gasteiger partial charge in [-0.2, -0.15) is 0 Å². The Kier molecular flexibility index (Phi) is 9.43. The van der Waals surface area contributed by atoms with Crippen LogP contribution in [-0.4, -0.2) is 0 Å². The summed E-state index contributed by atoms with van der Waals surface area (Å²) in [7, 11) is 0. The second-order valence-electron chi connectivity index (χ2n) is 6.67. The standard InChI is InChI=1S/C24H30O/c1-2-3-4-5-6-7-8-9-10-12-15-22-18-20-24(21-19-22)25-23-16-13-11-14-17-23/h11,13,16,18,20H,2-10,12,15H2,1H3. The quantitative estimate of drug-likeness (QED) is 0.255. The van der Waals surface area contributed by atoms with Crippen molar-refractivity contribution in [2.75, 3.05) is 0 Å². The topological polar surface area (TPSA) is 9.23 Å². The van der Waals surface area contributed by atoms with E-state index in [1.54, 1.807) is 6.08 Å². The van der Waals surface area contributed by atoms with Gasteiger partial charge in [0.05, 0.1) is 0 Å². The highest BCUT2D eigenvalue weighted by Gasteiger charge is 2.02. The molecule has 0 aromatic carbocycles. The van der Waals surface area contributed by atoms with Crippen LogP contribution < -0.4 is 0 Å². The Morgan fingerprint density at radius 1 is 0.720 bits per heavy atom. The van der Waals surface area contributed by atoms with Gasteiger partial charge in [0.2, 0.25) is 0 Å². The summed E-state index contributed by atoms with van der Waals surface area (Å²) in [6.45, 7) is 2.27. The summed E-state index contributed by atoms with van der Waals surface area (Å²) in [4.78, 5) is 0. The summed E-state index contributed by atoms with van der Waals surface area (Å²) < 4.78 is 5.66. The minimum atomic E-state index is 0.662. The van der Waals surface area contributed by atoms with Gasteiger partial charge in [-0.1, -0.05) is 76.2 Å². The van der Waals surface area contributed by atoms with Crippen molar-refractivity contribution in [1.82, 2.24) is 0 Å². The summed E-state index contributed by atoms with van der Waals surface area (Å²) in [5.41, 5.74) is 13.3. The lowest BCUT2D eigenvalue weighted by atomic mass is 10.0. The smallest absolute Gasteiger partial charge is 0.178 e. The van der Waals surface area contributed by atoms with E-state index in [1.165, 1.54) is 69.8 Å². The van der Waals surface area contributed by atoms with E-state index in [2.05, 4.69) is 35.9 Å². The van der Waals surface area contributed by atoms with Gasteiger partial charge in [0.15, 0.2) is 11.5 Å². The van der Waals surface area contributed by atoms with Crippen molar-refractivity contribution >= 4 is 0 Å². The number of hydrogen-bond acceptors (Lipinski definition) is 1. The van der Waals surface area contributed by atoms with Crippen molar-refractivity contribution < 1.29 is 4.74 Å². The Balaban J connectivity index is 1.58. The zero-order chi connectivity index (χ0) is 17.6. The highest BCUT2D eigenvalue weighted by Crippen LogP contribution is 2.17. The molecule has 0 atom stereocenters. The van der Waals surface area contributed by atoms with Crippen molar-refractivity contribution in [2.45, 2.75) is 77.6 Å². The SMILES string of the molecule is CCCCCCCCCCCCC1=C=C=C(OC2=C=C=CC=C2)C=C1. The van der Waals surface area contributed by atoms with E-state index >= 15 is 0 Å². The van der Waals surface area contributed by atoms with E-state index in [0.29, 0.717) is 11.5 Å². The van der Waals surface area contributed by atoms with Gasteiger partial charge in [0, 0.05) is 5.57 Å². The molecular formula is C24H30O. The van der Waals surface area contributed by atoms with E-state index in [9.17, 15) is 0 Å². The van der Waals surface area contributed by atoms with Crippen LogP contribution in [0, 0.1) is 0 Å². The predicted octanol–water partition coefficient (Wildman–Crippen LogP) is 7.21. The van der Waals surface area contributed by atoms with Gasteiger partial charge >= 0.3 is 0 Å². The summed E-state index contributed by atoms with van der Waals surface area (Å²) in [6, 6.07) is 0. The predicted molar refractivity (Wildman–Crippen MR) is 105 cm³/mol. The number of allylic oxidation sites excluding steroid dienone is 6. The summed E-state index contributed by atoms with van der Waals surface area (Å²) in [5, 5.41) is 0. The normalized spacial score (nSPS) is 14.5. The summed E-state index contributed by atoms with van der Waals surface area (Å²) >= 11 is 0. The van der Waals surface area contributed by atoms with Gasteiger partial charge in [-0.25, -0.2) is 0 Å². The van der Waals surface area contributed by atoms with Crippen LogP contribution in [0.15, 0.2) is 70.4 Å². The average Bonchev–Trinajstić information content (AvgIpc) is 2.65. The third-order valence-electron chi connectivity index (χ3n) is 4.42. The van der Waals surface area contributed by atoms with Crippen LogP contribution in [0.3, 0.4) is 0 Å². The Morgan fingerprint density at radius 3 is 2.00 bits per heavy atom. The van der Waals surface area contributed by atoms with Gasteiger partial charge in [0.25, 0.3) is 0 Å². The Labute approximate surface area is 153 Å². The first-order valence-corrected chi connectivity index (χ1v) is 9.87. The molecule has 0 unspecified atom stereocenters. The fourth-order valence-electron chi connectivity index (χ4n) is 2.93. The minimum absolute atomic E-state index is 0.662. The highest BCUT2D eigenvalue weighted by molar-refractivity contribution is 5.31. The lowest BCUT2D eigenvalue weighted by molar-refractivity contribution is 0.338. The first-order valence-electron chi connectivity index (χ1n) is 9.87. The number of ether oxygens (including phenoxy) is 1. The third kappa shape index (κ3) is 8.51. The number of hydrogen-bond donors (Lipinski definition) is 0. The van der Waals surface area contributed by atoms with E-state index in [1.807, 2.05) is 18.2 Å². The Morgan fingerprint density at radius 2 is 1.40 bits per heavy atom. The zero-order valence-corrected chi connectivity index (χ0v) is 15.6. The number of rotatable bonds is 13. The minimum Gasteiger partial charge on any atom is -0.439 e. The molecule has 1 heteroatoms. The molecule has 2 aliphatic rings. The summed E-state index contributed by atoms with van der Waals surface area (Å²) in [5.74, 6) is 1.34. The number of unbranched alkanes of at least 4 members (excludes halogenated alkanes) is 9. The summed E-state index contributed by atoms with van der Waals surface area (Å²) in [6.07, 6.45) is 24.4. The van der Waals surface area contributed by atoms with Crippen LogP contribution in [0.25, 0.3) is 0 Å². The molecule has 0 radical (unpaired) electrons. The lowest BCUT2D eigenvalue weighted by Crippen LogP contribution is -1.90. The maximum atomic E-state index is 5.66. The van der Waals surface area contributed by atoms with Gasteiger partial charge in [0.1, 0.15) is 0 Å². The van der Waals surface area contributed by atoms with Crippen LogP contribution in [0.4, 0.5) is 0 Å². The molecule has 0 heterocycles. The largest absolute Gasteiger partial charge is 0.439 e. The third-order valence-corrected chi connectivity index (χ3v) is 4.42. The van der Waals surface area contributed by atoms with Crippen LogP contribution in [0.5, 0.6) is 0 Å². The monoisotopic (exact) mass is 334 g/mol. The zero-order valence-electron chi connectivity index (χ0n) is 15.6. The Bertz CT molecular complexity index is 676. The maximum Gasteiger partial charge on any atom is 0.178 e. The molecule has 0 bridgehead atoms. The van der Waals surface area contributed by atoms with Gasteiger partial charge in [-0.05, 0) is 54.7 Å². The average molecular weight is 335 g/mol. The van der Waals surface area contributed by atoms with E-state index in [4.69, 9.17) is 4.74 Å². The highest BCUT2D eigenvalue weighted by atomic mass is 16.5. The molecule has 2 aliphatic carbocycles. The molecule has 0 saturated heterocycles. The molecule has 0 aromatic heterocycles. The molecule has 25 heavy (non-hydrogen) atoms. The molecule has 2 rings (SSSR count). The van der Waals surface area contributed by atoms with Gasteiger partial charge in [-0.3, -0.25) is 0 Å². The maximum absolute atomic E-state index is 5.66. The van der Waals surface area contributed by atoms with Crippen molar-refractivity contribution in [2.24, 2.45) is 0 Å². The van der Waals surface area contributed by atoms with Crippen LogP contribution >= 0.6 is 0 Å². The second-order valence-corrected chi connectivity index (χ2v) is 6.67. The van der Waals surface area contributed by atoms with Crippen molar-refractivity contribution in [1.29, 1.82) is 0 Å². The molecule has 0 amide bonds. The van der Waals surface area contributed by atoms with E-state index < -0.39 is 0 Å². The molecule has 0 aromatic rings. The molecule has 132 valence electrons. The molecular weight excluding hydrogens is 304 g/mol.